The third kappa shape index (κ3) is 3.90. The lowest BCUT2D eigenvalue weighted by atomic mass is 10.0. The molecule has 0 N–H and O–H groups in total. The van der Waals surface area contributed by atoms with Gasteiger partial charge in [-0.05, 0) is 25.7 Å². The predicted octanol–water partition coefficient (Wildman–Crippen LogP) is 3.14. The van der Waals surface area contributed by atoms with E-state index in [4.69, 9.17) is 9.26 Å². The fourth-order valence-corrected chi connectivity index (χ4v) is 4.25. The molecule has 3 unspecified atom stereocenters. The lowest BCUT2D eigenvalue weighted by molar-refractivity contribution is 0.0756. The van der Waals surface area contributed by atoms with Crippen LogP contribution in [0.2, 0.25) is 0 Å². The quantitative estimate of drug-likeness (QED) is 0.662. The molecule has 0 spiro atoms. The van der Waals surface area contributed by atoms with Gasteiger partial charge in [0.05, 0.1) is 12.7 Å². The van der Waals surface area contributed by atoms with Gasteiger partial charge < -0.3 is 9.26 Å². The maximum absolute atomic E-state index is 12.3. The van der Waals surface area contributed by atoms with Crippen LogP contribution < -0.4 is 0 Å². The summed E-state index contributed by atoms with van der Waals surface area (Å²) in [5.41, 5.74) is 0. The number of ether oxygens (including phenoxy) is 1. The summed E-state index contributed by atoms with van der Waals surface area (Å²) in [5, 5.41) is 0. The molecule has 90 valence electrons. The van der Waals surface area contributed by atoms with E-state index >= 15 is 0 Å². The van der Waals surface area contributed by atoms with Gasteiger partial charge in [0.2, 0.25) is 7.37 Å². The molecule has 1 aliphatic rings. The van der Waals surface area contributed by atoms with Gasteiger partial charge in [-0.25, -0.2) is 0 Å². The van der Waals surface area contributed by atoms with Crippen LogP contribution in [0.15, 0.2) is 0 Å². The van der Waals surface area contributed by atoms with Gasteiger partial charge >= 0.3 is 0 Å². The Morgan fingerprint density at radius 2 is 2.27 bits per heavy atom. The fourth-order valence-electron chi connectivity index (χ4n) is 2.12. The average Bonchev–Trinajstić information content (AvgIpc) is 2.71. The Labute approximate surface area is 93.0 Å². The second-order valence-corrected chi connectivity index (χ2v) is 7.14. The Balaban J connectivity index is 2.46. The molecule has 0 amide bonds. The Bertz CT molecular complexity index is 224. The molecule has 3 nitrogen and oxygen atoms in total. The third-order valence-electron chi connectivity index (χ3n) is 3.01. The topological polar surface area (TPSA) is 35.5 Å². The lowest BCUT2D eigenvalue weighted by Gasteiger charge is -2.23. The summed E-state index contributed by atoms with van der Waals surface area (Å²) < 4.78 is 23.3. The SMILES string of the molecule is CCOP(=O)(CC)CC(C)C1CCCO1. The van der Waals surface area contributed by atoms with Crippen molar-refractivity contribution in [1.29, 1.82) is 0 Å². The first-order valence-electron chi connectivity index (χ1n) is 5.95. The third-order valence-corrected chi connectivity index (χ3v) is 5.84. The van der Waals surface area contributed by atoms with Crippen LogP contribution in [0.25, 0.3) is 0 Å². The molecule has 0 aromatic rings. The molecular weight excluding hydrogens is 211 g/mol. The van der Waals surface area contributed by atoms with Crippen LogP contribution in [0, 0.1) is 5.92 Å². The van der Waals surface area contributed by atoms with Crippen LogP contribution in [-0.4, -0.2) is 31.6 Å². The lowest BCUT2D eigenvalue weighted by Crippen LogP contribution is -2.21. The highest BCUT2D eigenvalue weighted by atomic mass is 31.2. The van der Waals surface area contributed by atoms with Crippen molar-refractivity contribution in [2.45, 2.75) is 39.7 Å². The van der Waals surface area contributed by atoms with Gasteiger partial charge in [0.1, 0.15) is 0 Å². The second kappa shape index (κ2) is 6.03. The van der Waals surface area contributed by atoms with E-state index in [1.807, 2.05) is 13.8 Å². The van der Waals surface area contributed by atoms with Crippen molar-refractivity contribution >= 4 is 7.37 Å². The summed E-state index contributed by atoms with van der Waals surface area (Å²) in [4.78, 5) is 0. The molecule has 1 rings (SSSR count). The first-order valence-corrected chi connectivity index (χ1v) is 7.95. The van der Waals surface area contributed by atoms with E-state index < -0.39 is 7.37 Å². The Morgan fingerprint density at radius 1 is 1.53 bits per heavy atom. The zero-order valence-corrected chi connectivity index (χ0v) is 11.0. The molecule has 1 saturated heterocycles. The molecule has 1 heterocycles. The fraction of sp³-hybridized carbons (Fsp3) is 1.00. The van der Waals surface area contributed by atoms with Crippen molar-refractivity contribution in [3.05, 3.63) is 0 Å². The summed E-state index contributed by atoms with van der Waals surface area (Å²) in [5.74, 6) is 0.352. The van der Waals surface area contributed by atoms with Crippen LogP contribution >= 0.6 is 7.37 Å². The maximum atomic E-state index is 12.3. The van der Waals surface area contributed by atoms with E-state index in [2.05, 4.69) is 6.92 Å². The van der Waals surface area contributed by atoms with Crippen LogP contribution in [0.1, 0.15) is 33.6 Å². The highest BCUT2D eigenvalue weighted by Gasteiger charge is 2.30. The minimum absolute atomic E-state index is 0.297. The standard InChI is InChI=1S/C11H23O3P/c1-4-14-15(12,5-2)9-10(3)11-7-6-8-13-11/h10-11H,4-9H2,1-3H3. The largest absolute Gasteiger partial charge is 0.378 e. The smallest absolute Gasteiger partial charge is 0.203 e. The monoisotopic (exact) mass is 234 g/mol. The van der Waals surface area contributed by atoms with Gasteiger partial charge in [-0.1, -0.05) is 13.8 Å². The first kappa shape index (κ1) is 13.2. The molecule has 0 saturated carbocycles. The minimum Gasteiger partial charge on any atom is -0.378 e. The van der Waals surface area contributed by atoms with E-state index in [9.17, 15) is 4.57 Å². The van der Waals surface area contributed by atoms with Crippen molar-refractivity contribution in [2.75, 3.05) is 25.5 Å². The molecule has 0 aromatic heterocycles. The van der Waals surface area contributed by atoms with Gasteiger partial charge in [-0.15, -0.1) is 0 Å². The summed E-state index contributed by atoms with van der Waals surface area (Å²) in [7, 11) is -2.39. The zero-order valence-electron chi connectivity index (χ0n) is 10.1. The van der Waals surface area contributed by atoms with Crippen molar-refractivity contribution in [3.63, 3.8) is 0 Å². The van der Waals surface area contributed by atoms with Crippen molar-refractivity contribution in [3.8, 4) is 0 Å². The molecular formula is C11H23O3P. The average molecular weight is 234 g/mol. The Kier molecular flexibility index (Phi) is 5.31. The highest BCUT2D eigenvalue weighted by molar-refractivity contribution is 7.58. The molecule has 1 aliphatic heterocycles. The minimum atomic E-state index is -2.39. The number of hydrogen-bond donors (Lipinski definition) is 0. The van der Waals surface area contributed by atoms with Gasteiger partial charge in [0.15, 0.2) is 0 Å². The summed E-state index contributed by atoms with van der Waals surface area (Å²) >= 11 is 0. The predicted molar refractivity (Wildman–Crippen MR) is 62.8 cm³/mol. The highest BCUT2D eigenvalue weighted by Crippen LogP contribution is 2.49. The molecule has 1 fully saturated rings. The normalized spacial score (nSPS) is 27.5. The van der Waals surface area contributed by atoms with Crippen molar-refractivity contribution in [1.82, 2.24) is 0 Å². The number of hydrogen-bond acceptors (Lipinski definition) is 3. The van der Waals surface area contributed by atoms with E-state index in [1.54, 1.807) is 0 Å². The molecule has 0 aromatic carbocycles. The molecule has 0 radical (unpaired) electrons. The van der Waals surface area contributed by atoms with Gasteiger partial charge in [0.25, 0.3) is 0 Å². The summed E-state index contributed by atoms with van der Waals surface area (Å²) in [6, 6.07) is 0. The van der Waals surface area contributed by atoms with Crippen molar-refractivity contribution in [2.24, 2.45) is 5.92 Å². The van der Waals surface area contributed by atoms with E-state index in [0.29, 0.717) is 31.0 Å². The first-order chi connectivity index (χ1) is 7.11. The van der Waals surface area contributed by atoms with Crippen molar-refractivity contribution < 1.29 is 13.8 Å². The van der Waals surface area contributed by atoms with E-state index in [1.165, 1.54) is 0 Å². The van der Waals surface area contributed by atoms with Crippen LogP contribution in [0.5, 0.6) is 0 Å². The second-order valence-electron chi connectivity index (χ2n) is 4.26. The Hall–Kier alpha value is 0.150. The molecule has 0 bridgehead atoms. The van der Waals surface area contributed by atoms with Gasteiger partial charge in [-0.3, -0.25) is 4.57 Å². The van der Waals surface area contributed by atoms with Gasteiger partial charge in [-0.2, -0.15) is 0 Å². The van der Waals surface area contributed by atoms with Crippen LogP contribution in [0.4, 0.5) is 0 Å². The molecule has 15 heavy (non-hydrogen) atoms. The molecule has 0 aliphatic carbocycles. The van der Waals surface area contributed by atoms with E-state index in [-0.39, 0.29) is 0 Å². The van der Waals surface area contributed by atoms with Crippen LogP contribution in [0.3, 0.4) is 0 Å². The molecule has 3 atom stereocenters. The summed E-state index contributed by atoms with van der Waals surface area (Å²) in [6.07, 6.45) is 3.85. The Morgan fingerprint density at radius 3 is 2.73 bits per heavy atom. The van der Waals surface area contributed by atoms with Crippen LogP contribution in [-0.2, 0) is 13.8 Å². The zero-order chi connectivity index (χ0) is 11.3. The summed E-state index contributed by atoms with van der Waals surface area (Å²) in [6.45, 7) is 7.37. The van der Waals surface area contributed by atoms with E-state index in [0.717, 1.165) is 19.4 Å². The number of rotatable bonds is 6. The maximum Gasteiger partial charge on any atom is 0.203 e. The van der Waals surface area contributed by atoms with Gasteiger partial charge in [0, 0.05) is 18.9 Å². The molecule has 4 heteroatoms.